The summed E-state index contributed by atoms with van der Waals surface area (Å²) in [5, 5.41) is 4.39. The third kappa shape index (κ3) is 4.85. The van der Waals surface area contributed by atoms with E-state index in [1.165, 1.54) is 5.56 Å². The van der Waals surface area contributed by atoms with Crippen molar-refractivity contribution in [1.29, 1.82) is 0 Å². The lowest BCUT2D eigenvalue weighted by Gasteiger charge is -2.03. The van der Waals surface area contributed by atoms with Gasteiger partial charge in [-0.3, -0.25) is 5.43 Å². The molecule has 2 rings (SSSR count). The largest absolute Gasteiger partial charge is 0.375 e. The first-order chi connectivity index (χ1) is 10.1. The van der Waals surface area contributed by atoms with Crippen molar-refractivity contribution < 1.29 is 0 Å². The molecule has 0 spiro atoms. The number of hydrazone groups is 1. The van der Waals surface area contributed by atoms with Gasteiger partial charge < -0.3 is 5.73 Å². The van der Waals surface area contributed by atoms with E-state index in [2.05, 4.69) is 41.7 Å². The molecule has 0 aliphatic heterocycles. The van der Waals surface area contributed by atoms with E-state index in [0.717, 1.165) is 16.8 Å². The SMILES string of the molecule is Cc1ccc(/C=C/C(=N/NC(N)=S)c2ccccc2)cc1. The summed E-state index contributed by atoms with van der Waals surface area (Å²) in [6.07, 6.45) is 3.94. The molecule has 3 nitrogen and oxygen atoms in total. The van der Waals surface area contributed by atoms with E-state index in [0.29, 0.717) is 0 Å². The second-order valence-corrected chi connectivity index (χ2v) is 5.02. The average Bonchev–Trinajstić information content (AvgIpc) is 2.50. The molecule has 0 heterocycles. The van der Waals surface area contributed by atoms with Crippen molar-refractivity contribution in [2.75, 3.05) is 0 Å². The summed E-state index contributed by atoms with van der Waals surface area (Å²) < 4.78 is 0. The zero-order chi connectivity index (χ0) is 15.1. The Kier molecular flexibility index (Phi) is 5.23. The Morgan fingerprint density at radius 3 is 2.38 bits per heavy atom. The van der Waals surface area contributed by atoms with Crippen LogP contribution in [0.2, 0.25) is 0 Å². The van der Waals surface area contributed by atoms with Crippen molar-refractivity contribution in [1.82, 2.24) is 5.43 Å². The summed E-state index contributed by atoms with van der Waals surface area (Å²) in [6.45, 7) is 2.07. The lowest BCUT2D eigenvalue weighted by molar-refractivity contribution is 1.03. The molecule has 0 atom stereocenters. The maximum absolute atomic E-state index is 5.43. The van der Waals surface area contributed by atoms with E-state index in [9.17, 15) is 0 Å². The Bertz CT molecular complexity index is 658. The van der Waals surface area contributed by atoms with Gasteiger partial charge in [0.25, 0.3) is 0 Å². The van der Waals surface area contributed by atoms with Gasteiger partial charge in [-0.1, -0.05) is 66.2 Å². The summed E-state index contributed by atoms with van der Waals surface area (Å²) in [4.78, 5) is 0. The van der Waals surface area contributed by atoms with Gasteiger partial charge in [-0.05, 0) is 30.8 Å². The molecule has 0 aliphatic rings. The van der Waals surface area contributed by atoms with Crippen LogP contribution in [0.4, 0.5) is 0 Å². The first kappa shape index (κ1) is 14.9. The number of nitrogens with two attached hydrogens (primary N) is 1. The summed E-state index contributed by atoms with van der Waals surface area (Å²) in [5.41, 5.74) is 12.2. The number of aryl methyl sites for hydroxylation is 1. The molecule has 0 unspecified atom stereocenters. The molecule has 2 aromatic carbocycles. The second-order valence-electron chi connectivity index (χ2n) is 4.58. The van der Waals surface area contributed by atoms with Gasteiger partial charge in [0.2, 0.25) is 0 Å². The fourth-order valence-corrected chi connectivity index (χ4v) is 1.82. The minimum absolute atomic E-state index is 0.146. The van der Waals surface area contributed by atoms with Crippen LogP contribution in [-0.4, -0.2) is 10.8 Å². The predicted molar refractivity (Wildman–Crippen MR) is 93.1 cm³/mol. The van der Waals surface area contributed by atoms with Crippen LogP contribution >= 0.6 is 12.2 Å². The van der Waals surface area contributed by atoms with E-state index in [1.54, 1.807) is 0 Å². The number of hydrogen-bond donors (Lipinski definition) is 2. The first-order valence-corrected chi connectivity index (χ1v) is 6.99. The zero-order valence-corrected chi connectivity index (χ0v) is 12.6. The van der Waals surface area contributed by atoms with E-state index in [1.807, 2.05) is 42.5 Å². The van der Waals surface area contributed by atoms with Gasteiger partial charge in [0.15, 0.2) is 5.11 Å². The van der Waals surface area contributed by atoms with Crippen molar-refractivity contribution in [3.63, 3.8) is 0 Å². The van der Waals surface area contributed by atoms with Crippen LogP contribution in [0.1, 0.15) is 16.7 Å². The summed E-state index contributed by atoms with van der Waals surface area (Å²) in [6, 6.07) is 18.1. The van der Waals surface area contributed by atoms with Crippen LogP contribution in [0.25, 0.3) is 6.08 Å². The zero-order valence-electron chi connectivity index (χ0n) is 11.8. The molecule has 0 bridgehead atoms. The highest BCUT2D eigenvalue weighted by atomic mass is 32.1. The fraction of sp³-hybridized carbons (Fsp3) is 0.0588. The number of hydrogen-bond acceptors (Lipinski definition) is 2. The van der Waals surface area contributed by atoms with Gasteiger partial charge in [-0.25, -0.2) is 0 Å². The topological polar surface area (TPSA) is 50.4 Å². The van der Waals surface area contributed by atoms with Gasteiger partial charge in [-0.15, -0.1) is 0 Å². The molecule has 106 valence electrons. The number of nitrogens with zero attached hydrogens (tertiary/aromatic N) is 1. The molecule has 0 saturated carbocycles. The Morgan fingerprint density at radius 2 is 1.76 bits per heavy atom. The number of nitrogens with one attached hydrogen (secondary N) is 1. The lowest BCUT2D eigenvalue weighted by Crippen LogP contribution is -2.25. The molecule has 0 saturated heterocycles. The van der Waals surface area contributed by atoms with Gasteiger partial charge in [0, 0.05) is 5.56 Å². The first-order valence-electron chi connectivity index (χ1n) is 6.58. The third-order valence-electron chi connectivity index (χ3n) is 2.87. The van der Waals surface area contributed by atoms with Gasteiger partial charge in [-0.2, -0.15) is 5.10 Å². The monoisotopic (exact) mass is 295 g/mol. The van der Waals surface area contributed by atoms with Crippen LogP contribution < -0.4 is 11.2 Å². The van der Waals surface area contributed by atoms with Crippen molar-refractivity contribution in [3.8, 4) is 0 Å². The van der Waals surface area contributed by atoms with Crippen molar-refractivity contribution in [2.24, 2.45) is 10.8 Å². The smallest absolute Gasteiger partial charge is 0.184 e. The maximum atomic E-state index is 5.43. The predicted octanol–water partition coefficient (Wildman–Crippen LogP) is 3.25. The summed E-state index contributed by atoms with van der Waals surface area (Å²) in [7, 11) is 0. The van der Waals surface area contributed by atoms with Crippen LogP contribution in [0.15, 0.2) is 65.8 Å². The lowest BCUT2D eigenvalue weighted by atomic mass is 10.1. The van der Waals surface area contributed by atoms with E-state index < -0.39 is 0 Å². The standard InChI is InChI=1S/C17H17N3S/c1-13-7-9-14(10-8-13)11-12-16(19-20-17(18)21)15-5-3-2-4-6-15/h2-12H,1H3,(H3,18,20,21)/b12-11+,19-16-. The molecule has 4 heteroatoms. The molecular formula is C17H17N3S. The highest BCUT2D eigenvalue weighted by Gasteiger charge is 1.99. The van der Waals surface area contributed by atoms with Gasteiger partial charge in [0.05, 0.1) is 5.71 Å². The Balaban J connectivity index is 2.26. The van der Waals surface area contributed by atoms with Gasteiger partial charge >= 0.3 is 0 Å². The van der Waals surface area contributed by atoms with Crippen molar-refractivity contribution >= 4 is 29.1 Å². The number of allylic oxidation sites excluding steroid dienone is 1. The fourth-order valence-electron chi connectivity index (χ4n) is 1.78. The Hall–Kier alpha value is -2.46. The minimum Gasteiger partial charge on any atom is -0.375 e. The molecule has 0 radical (unpaired) electrons. The van der Waals surface area contributed by atoms with E-state index in [4.69, 9.17) is 18.0 Å². The molecular weight excluding hydrogens is 278 g/mol. The molecule has 3 N–H and O–H groups in total. The molecule has 0 amide bonds. The molecule has 0 fully saturated rings. The number of thiocarbonyl (C=S) groups is 1. The molecule has 0 aliphatic carbocycles. The number of rotatable bonds is 4. The maximum Gasteiger partial charge on any atom is 0.184 e. The second kappa shape index (κ2) is 7.36. The van der Waals surface area contributed by atoms with E-state index >= 15 is 0 Å². The Labute approximate surface area is 130 Å². The van der Waals surface area contributed by atoms with Crippen LogP contribution in [0.3, 0.4) is 0 Å². The number of benzene rings is 2. The van der Waals surface area contributed by atoms with E-state index in [-0.39, 0.29) is 5.11 Å². The average molecular weight is 295 g/mol. The quantitative estimate of drug-likeness (QED) is 0.517. The van der Waals surface area contributed by atoms with Gasteiger partial charge in [0.1, 0.15) is 0 Å². The van der Waals surface area contributed by atoms with Crippen molar-refractivity contribution in [2.45, 2.75) is 6.92 Å². The molecule has 21 heavy (non-hydrogen) atoms. The van der Waals surface area contributed by atoms with Crippen LogP contribution in [-0.2, 0) is 0 Å². The minimum atomic E-state index is 0.146. The highest BCUT2D eigenvalue weighted by molar-refractivity contribution is 7.80. The summed E-state index contributed by atoms with van der Waals surface area (Å²) >= 11 is 4.79. The highest BCUT2D eigenvalue weighted by Crippen LogP contribution is 2.08. The third-order valence-corrected chi connectivity index (χ3v) is 2.96. The van der Waals surface area contributed by atoms with Crippen LogP contribution in [0, 0.1) is 6.92 Å². The van der Waals surface area contributed by atoms with Crippen LogP contribution in [0.5, 0.6) is 0 Å². The Morgan fingerprint density at radius 1 is 1.10 bits per heavy atom. The molecule has 2 aromatic rings. The molecule has 0 aromatic heterocycles. The summed E-state index contributed by atoms with van der Waals surface area (Å²) in [5.74, 6) is 0. The van der Waals surface area contributed by atoms with Crippen molar-refractivity contribution in [3.05, 3.63) is 77.4 Å². The normalized spacial score (nSPS) is 11.6.